The Labute approximate surface area is 196 Å². The summed E-state index contributed by atoms with van der Waals surface area (Å²) in [4.78, 5) is 21.7. The largest absolute Gasteiger partial charge is 0.490 e. The first-order chi connectivity index (χ1) is 16.1. The van der Waals surface area contributed by atoms with Gasteiger partial charge < -0.3 is 20.5 Å². The van der Waals surface area contributed by atoms with E-state index in [1.165, 1.54) is 18.4 Å². The molecule has 1 atom stereocenters. The number of ether oxygens (including phenoxy) is 1. The number of benzene rings is 2. The number of fused-ring (bicyclic) bond motifs is 1. The second-order valence-electron chi connectivity index (χ2n) is 8.61. The van der Waals surface area contributed by atoms with Crippen LogP contribution in [0.2, 0.25) is 0 Å². The van der Waals surface area contributed by atoms with Gasteiger partial charge >= 0.3 is 12.1 Å². The van der Waals surface area contributed by atoms with Crippen molar-refractivity contribution in [2.75, 3.05) is 13.1 Å². The number of carboxylic acids is 1. The summed E-state index contributed by atoms with van der Waals surface area (Å²) in [5.74, 6) is -1.10. The van der Waals surface area contributed by atoms with Crippen molar-refractivity contribution in [3.63, 3.8) is 0 Å². The molecule has 1 amide bonds. The third kappa shape index (κ3) is 7.21. The lowest BCUT2D eigenvalue weighted by Crippen LogP contribution is -2.29. The number of halogens is 3. The van der Waals surface area contributed by atoms with Crippen LogP contribution in [0.15, 0.2) is 42.5 Å². The maximum Gasteiger partial charge on any atom is 0.490 e. The Hall–Kier alpha value is -3.07. The van der Waals surface area contributed by atoms with Crippen molar-refractivity contribution < 1.29 is 32.6 Å². The Kier molecular flexibility index (Phi) is 8.55. The molecule has 1 saturated heterocycles. The smallest absolute Gasteiger partial charge is 0.490 e. The summed E-state index contributed by atoms with van der Waals surface area (Å²) in [7, 11) is 0. The first-order valence-corrected chi connectivity index (χ1v) is 11.3. The minimum atomic E-state index is -5.08. The predicted molar refractivity (Wildman–Crippen MR) is 121 cm³/mol. The SMILES string of the molecule is CC1Cc2cc(CNC(=O)c3ccccc3CC3CCNCC3)ccc2O1.O=C(O)C(F)(F)F. The molecule has 184 valence electrons. The van der Waals surface area contributed by atoms with Crippen LogP contribution in [-0.4, -0.2) is 42.4 Å². The van der Waals surface area contributed by atoms with Gasteiger partial charge in [0.25, 0.3) is 5.91 Å². The molecular weight excluding hydrogens is 449 g/mol. The summed E-state index contributed by atoms with van der Waals surface area (Å²) >= 11 is 0. The monoisotopic (exact) mass is 478 g/mol. The highest BCUT2D eigenvalue weighted by atomic mass is 19.4. The molecule has 2 aliphatic heterocycles. The van der Waals surface area contributed by atoms with Crippen LogP contribution in [0.25, 0.3) is 0 Å². The topological polar surface area (TPSA) is 87.7 Å². The van der Waals surface area contributed by atoms with E-state index in [0.717, 1.165) is 48.4 Å². The molecular formula is C25H29F3N2O4. The standard InChI is InChI=1S/C23H28N2O2.C2HF3O2/c1-16-12-20-14-18(6-7-22(20)27-16)15-25-23(26)21-5-3-2-4-19(21)13-17-8-10-24-11-9-17;3-2(4,5)1(6)7/h2-7,14,16-17,24H,8-13,15H2,1H3,(H,25,26);(H,6,7). The molecule has 1 unspecified atom stereocenters. The van der Waals surface area contributed by atoms with E-state index in [2.05, 4.69) is 29.7 Å². The van der Waals surface area contributed by atoms with Gasteiger partial charge in [0.1, 0.15) is 11.9 Å². The average molecular weight is 479 g/mol. The van der Waals surface area contributed by atoms with E-state index in [0.29, 0.717) is 12.5 Å². The number of aliphatic carboxylic acids is 1. The Morgan fingerprint density at radius 1 is 1.15 bits per heavy atom. The molecule has 4 rings (SSSR count). The van der Waals surface area contributed by atoms with E-state index < -0.39 is 12.1 Å². The molecule has 0 aromatic heterocycles. The molecule has 2 aliphatic rings. The fourth-order valence-electron chi connectivity index (χ4n) is 4.18. The minimum absolute atomic E-state index is 0.0182. The van der Waals surface area contributed by atoms with Crippen molar-refractivity contribution >= 4 is 11.9 Å². The second-order valence-corrected chi connectivity index (χ2v) is 8.61. The molecule has 2 aromatic rings. The van der Waals surface area contributed by atoms with Gasteiger partial charge in [-0.05, 0) is 74.0 Å². The Morgan fingerprint density at radius 3 is 2.50 bits per heavy atom. The molecule has 2 aromatic carbocycles. The number of rotatable bonds is 5. The number of piperidine rings is 1. The maximum atomic E-state index is 12.8. The molecule has 3 N–H and O–H groups in total. The molecule has 2 heterocycles. The Bertz CT molecular complexity index is 1000. The number of amides is 1. The van der Waals surface area contributed by atoms with Gasteiger partial charge in [-0.1, -0.05) is 30.3 Å². The normalized spacial score (nSPS) is 17.7. The lowest BCUT2D eigenvalue weighted by atomic mass is 9.89. The van der Waals surface area contributed by atoms with Crippen LogP contribution in [0.4, 0.5) is 13.2 Å². The van der Waals surface area contributed by atoms with Crippen LogP contribution in [0.3, 0.4) is 0 Å². The van der Waals surface area contributed by atoms with E-state index in [1.54, 1.807) is 0 Å². The molecule has 0 radical (unpaired) electrons. The Balaban J connectivity index is 0.000000406. The zero-order chi connectivity index (χ0) is 24.7. The van der Waals surface area contributed by atoms with Crippen LogP contribution in [-0.2, 0) is 24.2 Å². The van der Waals surface area contributed by atoms with Gasteiger partial charge in [-0.3, -0.25) is 4.79 Å². The second kappa shape index (κ2) is 11.4. The van der Waals surface area contributed by atoms with E-state index in [4.69, 9.17) is 14.6 Å². The number of carbonyl (C=O) groups excluding carboxylic acids is 1. The molecule has 0 aliphatic carbocycles. The molecule has 34 heavy (non-hydrogen) atoms. The minimum Gasteiger partial charge on any atom is -0.490 e. The summed E-state index contributed by atoms with van der Waals surface area (Å²) in [6.07, 6.45) is -0.543. The zero-order valence-electron chi connectivity index (χ0n) is 19.0. The number of hydrogen-bond donors (Lipinski definition) is 3. The van der Waals surface area contributed by atoms with Gasteiger partial charge in [-0.15, -0.1) is 0 Å². The van der Waals surface area contributed by atoms with Crippen molar-refractivity contribution in [2.24, 2.45) is 5.92 Å². The first kappa shape index (κ1) is 25.6. The number of carboxylic acid groups (broad SMARTS) is 1. The van der Waals surface area contributed by atoms with Crippen LogP contribution in [0.5, 0.6) is 5.75 Å². The lowest BCUT2D eigenvalue weighted by molar-refractivity contribution is -0.192. The summed E-state index contributed by atoms with van der Waals surface area (Å²) in [5.41, 5.74) is 4.34. The van der Waals surface area contributed by atoms with Crippen LogP contribution < -0.4 is 15.4 Å². The summed E-state index contributed by atoms with van der Waals surface area (Å²) < 4.78 is 37.5. The van der Waals surface area contributed by atoms with Crippen molar-refractivity contribution in [1.82, 2.24) is 10.6 Å². The fraction of sp³-hybridized carbons (Fsp3) is 0.440. The Morgan fingerprint density at radius 2 is 1.82 bits per heavy atom. The highest BCUT2D eigenvalue weighted by molar-refractivity contribution is 5.95. The number of carbonyl (C=O) groups is 2. The van der Waals surface area contributed by atoms with Gasteiger partial charge in [0.05, 0.1) is 0 Å². The average Bonchev–Trinajstić information content (AvgIpc) is 3.17. The first-order valence-electron chi connectivity index (χ1n) is 11.3. The molecule has 9 heteroatoms. The summed E-state index contributed by atoms with van der Waals surface area (Å²) in [6, 6.07) is 14.3. The van der Waals surface area contributed by atoms with E-state index >= 15 is 0 Å². The highest BCUT2D eigenvalue weighted by Gasteiger charge is 2.38. The van der Waals surface area contributed by atoms with E-state index in [9.17, 15) is 18.0 Å². The third-order valence-corrected chi connectivity index (χ3v) is 5.89. The lowest BCUT2D eigenvalue weighted by Gasteiger charge is -2.23. The molecule has 6 nitrogen and oxygen atoms in total. The quantitative estimate of drug-likeness (QED) is 0.602. The van der Waals surface area contributed by atoms with Crippen LogP contribution in [0, 0.1) is 5.92 Å². The van der Waals surface area contributed by atoms with Crippen molar-refractivity contribution in [3.05, 3.63) is 64.7 Å². The maximum absolute atomic E-state index is 12.8. The van der Waals surface area contributed by atoms with Gasteiger partial charge in [0.2, 0.25) is 0 Å². The number of alkyl halides is 3. The summed E-state index contributed by atoms with van der Waals surface area (Å²) in [6.45, 7) is 4.79. The van der Waals surface area contributed by atoms with Crippen molar-refractivity contribution in [1.29, 1.82) is 0 Å². The van der Waals surface area contributed by atoms with Crippen molar-refractivity contribution in [3.8, 4) is 5.75 Å². The van der Waals surface area contributed by atoms with E-state index in [-0.39, 0.29) is 12.0 Å². The molecule has 0 bridgehead atoms. The number of nitrogens with one attached hydrogen (secondary N) is 2. The van der Waals surface area contributed by atoms with Gasteiger partial charge in [-0.25, -0.2) is 4.79 Å². The summed E-state index contributed by atoms with van der Waals surface area (Å²) in [5, 5.41) is 13.6. The third-order valence-electron chi connectivity index (χ3n) is 5.89. The molecule has 0 saturated carbocycles. The van der Waals surface area contributed by atoms with E-state index in [1.807, 2.05) is 30.3 Å². The predicted octanol–water partition coefficient (Wildman–Crippen LogP) is 4.12. The molecule has 1 fully saturated rings. The van der Waals surface area contributed by atoms with Crippen molar-refractivity contribution in [2.45, 2.75) is 51.4 Å². The zero-order valence-corrected chi connectivity index (χ0v) is 19.0. The molecule has 0 spiro atoms. The van der Waals surface area contributed by atoms with Gasteiger partial charge in [-0.2, -0.15) is 13.2 Å². The van der Waals surface area contributed by atoms with Gasteiger partial charge in [0, 0.05) is 18.5 Å². The van der Waals surface area contributed by atoms with Crippen LogP contribution in [0.1, 0.15) is 46.8 Å². The van der Waals surface area contributed by atoms with Crippen LogP contribution >= 0.6 is 0 Å². The highest BCUT2D eigenvalue weighted by Crippen LogP contribution is 2.29. The number of hydrogen-bond acceptors (Lipinski definition) is 4. The fourth-order valence-corrected chi connectivity index (χ4v) is 4.18. The van der Waals surface area contributed by atoms with Gasteiger partial charge in [0.15, 0.2) is 0 Å².